The Morgan fingerprint density at radius 1 is 1.47 bits per heavy atom. The molecule has 0 bridgehead atoms. The van der Waals surface area contributed by atoms with E-state index in [1.165, 1.54) is 11.3 Å². The van der Waals surface area contributed by atoms with Gasteiger partial charge >= 0.3 is 12.3 Å². The fourth-order valence-corrected chi connectivity index (χ4v) is 1.75. The van der Waals surface area contributed by atoms with Gasteiger partial charge in [0.1, 0.15) is 11.6 Å². The average molecular weight is 273 g/mol. The monoisotopic (exact) mass is 273 g/mol. The van der Waals surface area contributed by atoms with E-state index in [0.29, 0.717) is 17.1 Å². The van der Waals surface area contributed by atoms with Crippen LogP contribution in [0.4, 0.5) is 17.6 Å². The highest BCUT2D eigenvalue weighted by atomic mass is 32.1. The molecular formula is C9H11F4NO2S. The van der Waals surface area contributed by atoms with E-state index in [1.807, 2.05) is 0 Å². The molecule has 17 heavy (non-hydrogen) atoms. The van der Waals surface area contributed by atoms with Crippen molar-refractivity contribution >= 4 is 11.3 Å². The van der Waals surface area contributed by atoms with Crippen LogP contribution in [0.15, 0.2) is 5.38 Å². The molecule has 8 heteroatoms. The molecule has 0 aliphatic carbocycles. The zero-order valence-corrected chi connectivity index (χ0v) is 9.52. The van der Waals surface area contributed by atoms with Crippen molar-refractivity contribution < 1.29 is 27.4 Å². The number of ether oxygens (including phenoxy) is 1. The fourth-order valence-electron chi connectivity index (χ4n) is 0.982. The number of aliphatic hydroxyl groups is 1. The van der Waals surface area contributed by atoms with Gasteiger partial charge in [-0.25, -0.2) is 13.8 Å². The van der Waals surface area contributed by atoms with Gasteiger partial charge in [-0.1, -0.05) is 0 Å². The topological polar surface area (TPSA) is 42.4 Å². The third kappa shape index (κ3) is 4.57. The number of hydrogen-bond donors (Lipinski definition) is 1. The first-order valence-electron chi connectivity index (χ1n) is 4.73. The molecule has 0 aliphatic heterocycles. The maximum Gasteiger partial charge on any atom is 0.330 e. The maximum absolute atomic E-state index is 12.5. The molecule has 1 N–H and O–H groups in total. The first kappa shape index (κ1) is 14.3. The molecule has 0 atom stereocenters. The highest BCUT2D eigenvalue weighted by Crippen LogP contribution is 2.23. The van der Waals surface area contributed by atoms with E-state index in [2.05, 4.69) is 9.72 Å². The van der Waals surface area contributed by atoms with Crippen LogP contribution in [0.5, 0.6) is 0 Å². The molecule has 1 aromatic heterocycles. The molecule has 1 aromatic rings. The van der Waals surface area contributed by atoms with Crippen LogP contribution < -0.4 is 0 Å². The van der Waals surface area contributed by atoms with Crippen molar-refractivity contribution in [1.29, 1.82) is 0 Å². The minimum absolute atomic E-state index is 0.0620. The van der Waals surface area contributed by atoms with E-state index in [9.17, 15) is 17.6 Å². The predicted molar refractivity (Wildman–Crippen MR) is 53.5 cm³/mol. The van der Waals surface area contributed by atoms with Crippen LogP contribution in [0.3, 0.4) is 0 Å². The molecule has 0 saturated carbocycles. The predicted octanol–water partition coefficient (Wildman–Crippen LogP) is 2.09. The molecule has 1 rings (SSSR count). The van der Waals surface area contributed by atoms with Gasteiger partial charge in [-0.3, -0.25) is 0 Å². The zero-order chi connectivity index (χ0) is 12.9. The Bertz CT molecular complexity index is 345. The number of thiazole rings is 1. The Balaban J connectivity index is 2.35. The van der Waals surface area contributed by atoms with Crippen molar-refractivity contribution in [3.05, 3.63) is 16.1 Å². The summed E-state index contributed by atoms with van der Waals surface area (Å²) in [5, 5.41) is 10.7. The minimum Gasteiger partial charge on any atom is -0.396 e. The quantitative estimate of drug-likeness (QED) is 0.774. The third-order valence-electron chi connectivity index (χ3n) is 1.81. The van der Waals surface area contributed by atoms with E-state index in [4.69, 9.17) is 5.11 Å². The van der Waals surface area contributed by atoms with E-state index >= 15 is 0 Å². The Kier molecular flexibility index (Phi) is 5.29. The number of halogens is 4. The first-order chi connectivity index (χ1) is 7.95. The van der Waals surface area contributed by atoms with Crippen LogP contribution in [0.1, 0.15) is 10.7 Å². The van der Waals surface area contributed by atoms with Crippen molar-refractivity contribution in [3.63, 3.8) is 0 Å². The average Bonchev–Trinajstić information content (AvgIpc) is 2.66. The van der Waals surface area contributed by atoms with Gasteiger partial charge in [0.15, 0.2) is 0 Å². The van der Waals surface area contributed by atoms with Crippen LogP contribution in [-0.2, 0) is 17.8 Å². The molecule has 0 fully saturated rings. The van der Waals surface area contributed by atoms with Gasteiger partial charge in [0.25, 0.3) is 0 Å². The van der Waals surface area contributed by atoms with Crippen LogP contribution >= 0.6 is 11.3 Å². The lowest BCUT2D eigenvalue weighted by molar-refractivity contribution is -0.168. The summed E-state index contributed by atoms with van der Waals surface area (Å²) in [6, 6.07) is 0. The number of aliphatic hydroxyl groups excluding tert-OH is 1. The van der Waals surface area contributed by atoms with Gasteiger partial charge in [0.05, 0.1) is 12.3 Å². The summed E-state index contributed by atoms with van der Waals surface area (Å²) >= 11 is 1.17. The van der Waals surface area contributed by atoms with Gasteiger partial charge in [-0.15, -0.1) is 11.3 Å². The largest absolute Gasteiger partial charge is 0.396 e. The smallest absolute Gasteiger partial charge is 0.330 e. The molecule has 0 aromatic carbocycles. The van der Waals surface area contributed by atoms with Crippen molar-refractivity contribution in [2.75, 3.05) is 13.2 Å². The van der Waals surface area contributed by atoms with Gasteiger partial charge in [-0.05, 0) is 0 Å². The molecule has 3 nitrogen and oxygen atoms in total. The minimum atomic E-state index is -4.13. The van der Waals surface area contributed by atoms with E-state index in [1.54, 1.807) is 5.38 Å². The maximum atomic E-state index is 12.5. The third-order valence-corrected chi connectivity index (χ3v) is 2.68. The summed E-state index contributed by atoms with van der Waals surface area (Å²) in [5.74, 6) is -4.13. The zero-order valence-electron chi connectivity index (χ0n) is 8.71. The van der Waals surface area contributed by atoms with E-state index in [0.717, 1.165) is 0 Å². The van der Waals surface area contributed by atoms with Gasteiger partial charge in [0, 0.05) is 18.4 Å². The summed E-state index contributed by atoms with van der Waals surface area (Å²) in [4.78, 5) is 3.97. The lowest BCUT2D eigenvalue weighted by atomic mass is 10.4. The SMILES string of the molecule is OCCc1csc(COCC(F)(F)C(F)F)n1. The molecule has 0 unspecified atom stereocenters. The number of alkyl halides is 4. The Labute approximate surface area is 99.1 Å². The Morgan fingerprint density at radius 2 is 2.18 bits per heavy atom. The van der Waals surface area contributed by atoms with Crippen molar-refractivity contribution in [3.8, 4) is 0 Å². The molecule has 98 valence electrons. The summed E-state index contributed by atoms with van der Waals surface area (Å²) in [7, 11) is 0. The van der Waals surface area contributed by atoms with Crippen molar-refractivity contribution in [2.45, 2.75) is 25.4 Å². The van der Waals surface area contributed by atoms with Crippen LogP contribution in [-0.4, -0.2) is 35.7 Å². The molecule has 0 radical (unpaired) electrons. The number of rotatable bonds is 7. The Morgan fingerprint density at radius 3 is 2.76 bits per heavy atom. The van der Waals surface area contributed by atoms with E-state index in [-0.39, 0.29) is 13.2 Å². The van der Waals surface area contributed by atoms with Crippen molar-refractivity contribution in [2.24, 2.45) is 0 Å². The Hall–Kier alpha value is -0.730. The molecule has 0 amide bonds. The second-order valence-corrected chi connectivity index (χ2v) is 4.20. The molecule has 0 aliphatic rings. The first-order valence-corrected chi connectivity index (χ1v) is 5.61. The standard InChI is InChI=1S/C9H11F4NO2S/c10-8(11)9(12,13)5-16-3-7-14-6(1-2-15)4-17-7/h4,8,15H,1-3,5H2. The fraction of sp³-hybridized carbons (Fsp3) is 0.667. The van der Waals surface area contributed by atoms with Gasteiger partial charge in [0.2, 0.25) is 0 Å². The number of nitrogens with zero attached hydrogens (tertiary/aromatic N) is 1. The van der Waals surface area contributed by atoms with Crippen LogP contribution in [0, 0.1) is 0 Å². The van der Waals surface area contributed by atoms with Crippen molar-refractivity contribution in [1.82, 2.24) is 4.98 Å². The summed E-state index contributed by atoms with van der Waals surface area (Å²) in [5.41, 5.74) is 0.622. The van der Waals surface area contributed by atoms with E-state index < -0.39 is 19.0 Å². The molecule has 0 spiro atoms. The second-order valence-electron chi connectivity index (χ2n) is 3.26. The summed E-state index contributed by atoms with van der Waals surface area (Å²) in [6.45, 7) is -1.63. The lowest BCUT2D eigenvalue weighted by Gasteiger charge is -2.14. The second kappa shape index (κ2) is 6.27. The molecule has 1 heterocycles. The van der Waals surface area contributed by atoms with Gasteiger partial charge in [-0.2, -0.15) is 8.78 Å². The normalized spacial score (nSPS) is 12.4. The van der Waals surface area contributed by atoms with Crippen LogP contribution in [0.25, 0.3) is 0 Å². The van der Waals surface area contributed by atoms with Gasteiger partial charge < -0.3 is 9.84 Å². The summed E-state index contributed by atoms with van der Waals surface area (Å²) < 4.78 is 52.9. The number of aromatic nitrogens is 1. The lowest BCUT2D eigenvalue weighted by Crippen LogP contribution is -2.32. The highest BCUT2D eigenvalue weighted by Gasteiger charge is 2.40. The van der Waals surface area contributed by atoms with Crippen LogP contribution in [0.2, 0.25) is 0 Å². The molecule has 0 saturated heterocycles. The summed E-state index contributed by atoms with van der Waals surface area (Å²) in [6.07, 6.45) is -3.37. The highest BCUT2D eigenvalue weighted by molar-refractivity contribution is 7.09. The molecular weight excluding hydrogens is 262 g/mol. The number of hydrogen-bond acceptors (Lipinski definition) is 4.